The molecule has 2 rings (SSSR count). The van der Waals surface area contributed by atoms with Gasteiger partial charge in [-0.1, -0.05) is 24.1 Å². The number of nitrogens with one attached hydrogen (secondary N) is 1. The lowest BCUT2D eigenvalue weighted by Crippen LogP contribution is -2.40. The second-order valence-corrected chi connectivity index (χ2v) is 5.38. The summed E-state index contributed by atoms with van der Waals surface area (Å²) in [5.74, 6) is -2.58. The molecule has 1 aromatic carbocycles. The third-order valence-electron chi connectivity index (χ3n) is 3.55. The maximum Gasteiger partial charge on any atom is 0.306 e. The van der Waals surface area contributed by atoms with Gasteiger partial charge in [0.05, 0.1) is 16.5 Å². The zero-order valence-electron chi connectivity index (χ0n) is 10.7. The Morgan fingerprint density at radius 1 is 1.35 bits per heavy atom. The van der Waals surface area contributed by atoms with Crippen LogP contribution in [-0.4, -0.2) is 23.0 Å². The molecule has 108 valence electrons. The van der Waals surface area contributed by atoms with Crippen molar-refractivity contribution in [2.24, 2.45) is 5.92 Å². The van der Waals surface area contributed by atoms with Gasteiger partial charge in [0.25, 0.3) is 5.91 Å². The maximum absolute atomic E-state index is 13.6. The van der Waals surface area contributed by atoms with Gasteiger partial charge in [0.2, 0.25) is 0 Å². The lowest BCUT2D eigenvalue weighted by molar-refractivity contribution is -0.143. The van der Waals surface area contributed by atoms with Crippen molar-refractivity contribution in [3.05, 3.63) is 34.6 Å². The Balaban J connectivity index is 2.06. The zero-order valence-corrected chi connectivity index (χ0v) is 11.5. The van der Waals surface area contributed by atoms with Crippen molar-refractivity contribution in [3.63, 3.8) is 0 Å². The number of benzene rings is 1. The molecular formula is C14H15ClFNO3. The van der Waals surface area contributed by atoms with Crippen LogP contribution in [0.4, 0.5) is 4.39 Å². The molecule has 4 nitrogen and oxygen atoms in total. The Morgan fingerprint density at radius 3 is 2.75 bits per heavy atom. The van der Waals surface area contributed by atoms with Gasteiger partial charge >= 0.3 is 5.97 Å². The van der Waals surface area contributed by atoms with Gasteiger partial charge in [0.15, 0.2) is 0 Å². The van der Waals surface area contributed by atoms with Crippen LogP contribution in [0.15, 0.2) is 18.2 Å². The molecular weight excluding hydrogens is 285 g/mol. The van der Waals surface area contributed by atoms with Crippen LogP contribution in [0, 0.1) is 11.7 Å². The Bertz CT molecular complexity index is 515. The highest BCUT2D eigenvalue weighted by atomic mass is 35.5. The minimum absolute atomic E-state index is 0.0492. The van der Waals surface area contributed by atoms with Crippen molar-refractivity contribution >= 4 is 23.5 Å². The van der Waals surface area contributed by atoms with Crippen molar-refractivity contribution in [1.29, 1.82) is 0 Å². The molecule has 1 aliphatic carbocycles. The van der Waals surface area contributed by atoms with Crippen LogP contribution in [-0.2, 0) is 4.79 Å². The lowest BCUT2D eigenvalue weighted by atomic mass is 9.85. The molecule has 0 saturated heterocycles. The number of carboxylic acid groups (broad SMARTS) is 1. The maximum atomic E-state index is 13.6. The fourth-order valence-corrected chi connectivity index (χ4v) is 2.77. The zero-order chi connectivity index (χ0) is 14.7. The van der Waals surface area contributed by atoms with Crippen LogP contribution in [0.25, 0.3) is 0 Å². The van der Waals surface area contributed by atoms with Crippen LogP contribution in [0.5, 0.6) is 0 Å². The first kappa shape index (κ1) is 14.8. The molecule has 2 unspecified atom stereocenters. The molecule has 1 saturated carbocycles. The van der Waals surface area contributed by atoms with Crippen molar-refractivity contribution < 1.29 is 19.1 Å². The topological polar surface area (TPSA) is 66.4 Å². The molecule has 20 heavy (non-hydrogen) atoms. The number of hydrogen-bond donors (Lipinski definition) is 2. The second-order valence-electron chi connectivity index (χ2n) is 4.97. The molecule has 1 amide bonds. The Labute approximate surface area is 120 Å². The highest BCUT2D eigenvalue weighted by molar-refractivity contribution is 6.33. The van der Waals surface area contributed by atoms with Gasteiger partial charge in [-0.25, -0.2) is 4.39 Å². The van der Waals surface area contributed by atoms with E-state index in [0.29, 0.717) is 19.3 Å². The van der Waals surface area contributed by atoms with E-state index < -0.39 is 23.6 Å². The van der Waals surface area contributed by atoms with Crippen LogP contribution >= 0.6 is 11.6 Å². The van der Waals surface area contributed by atoms with Crippen LogP contribution in [0.1, 0.15) is 36.0 Å². The van der Waals surface area contributed by atoms with Crippen molar-refractivity contribution in [1.82, 2.24) is 5.32 Å². The predicted octanol–water partition coefficient (Wildman–Crippen LogP) is 2.85. The fraction of sp³-hybridized carbons (Fsp3) is 0.429. The summed E-state index contributed by atoms with van der Waals surface area (Å²) in [5.41, 5.74) is -0.188. The summed E-state index contributed by atoms with van der Waals surface area (Å²) >= 11 is 5.83. The molecule has 0 aromatic heterocycles. The Hall–Kier alpha value is -1.62. The fourth-order valence-electron chi connectivity index (χ4n) is 2.52. The van der Waals surface area contributed by atoms with Crippen LogP contribution in [0.3, 0.4) is 0 Å². The number of carbonyl (C=O) groups excluding carboxylic acids is 1. The van der Waals surface area contributed by atoms with Gasteiger partial charge in [0.1, 0.15) is 5.82 Å². The molecule has 1 fully saturated rings. The summed E-state index contributed by atoms with van der Waals surface area (Å²) in [7, 11) is 0. The third-order valence-corrected chi connectivity index (χ3v) is 3.86. The summed E-state index contributed by atoms with van der Waals surface area (Å²) in [6.07, 6.45) is 2.41. The summed E-state index contributed by atoms with van der Waals surface area (Å²) < 4.78 is 13.6. The Morgan fingerprint density at radius 2 is 2.10 bits per heavy atom. The van der Waals surface area contributed by atoms with E-state index in [9.17, 15) is 14.0 Å². The SMILES string of the molecule is O=C(NC1CCCC(C(=O)O)C1)c1c(F)cccc1Cl. The smallest absolute Gasteiger partial charge is 0.306 e. The molecule has 2 N–H and O–H groups in total. The summed E-state index contributed by atoms with van der Waals surface area (Å²) in [4.78, 5) is 23.0. The Kier molecular flexibility index (Phi) is 4.60. The highest BCUT2D eigenvalue weighted by Gasteiger charge is 2.28. The highest BCUT2D eigenvalue weighted by Crippen LogP contribution is 2.25. The van der Waals surface area contributed by atoms with Gasteiger partial charge in [-0.2, -0.15) is 0 Å². The van der Waals surface area contributed by atoms with Gasteiger partial charge in [-0.05, 0) is 31.4 Å². The van der Waals surface area contributed by atoms with E-state index in [1.54, 1.807) is 0 Å². The van der Waals surface area contributed by atoms with E-state index >= 15 is 0 Å². The molecule has 1 aliphatic rings. The normalized spacial score (nSPS) is 22.3. The van der Waals surface area contributed by atoms with E-state index in [1.807, 2.05) is 0 Å². The third kappa shape index (κ3) is 3.28. The van der Waals surface area contributed by atoms with Crippen LogP contribution < -0.4 is 5.32 Å². The minimum atomic E-state index is -0.854. The van der Waals surface area contributed by atoms with Crippen molar-refractivity contribution in [3.8, 4) is 0 Å². The first-order chi connectivity index (χ1) is 9.49. The number of hydrogen-bond acceptors (Lipinski definition) is 2. The van der Waals surface area contributed by atoms with E-state index in [1.165, 1.54) is 18.2 Å². The van der Waals surface area contributed by atoms with Crippen molar-refractivity contribution in [2.45, 2.75) is 31.7 Å². The molecule has 0 radical (unpaired) electrons. The first-order valence-corrected chi connectivity index (χ1v) is 6.84. The van der Waals surface area contributed by atoms with E-state index in [2.05, 4.69) is 5.32 Å². The molecule has 0 heterocycles. The quantitative estimate of drug-likeness (QED) is 0.902. The molecule has 0 aliphatic heterocycles. The van der Waals surface area contributed by atoms with E-state index in [-0.39, 0.29) is 16.6 Å². The lowest BCUT2D eigenvalue weighted by Gasteiger charge is -2.27. The summed E-state index contributed by atoms with van der Waals surface area (Å²) in [5, 5.41) is 11.7. The molecule has 1 aromatic rings. The summed E-state index contributed by atoms with van der Waals surface area (Å²) in [6.45, 7) is 0. The molecule has 2 atom stereocenters. The first-order valence-electron chi connectivity index (χ1n) is 6.46. The van der Waals surface area contributed by atoms with E-state index in [0.717, 1.165) is 6.42 Å². The van der Waals surface area contributed by atoms with Gasteiger partial charge in [0, 0.05) is 6.04 Å². The monoisotopic (exact) mass is 299 g/mol. The largest absolute Gasteiger partial charge is 0.481 e. The number of amides is 1. The number of carbonyl (C=O) groups is 2. The molecule has 0 spiro atoms. The van der Waals surface area contributed by atoms with Gasteiger partial charge < -0.3 is 10.4 Å². The standard InChI is InChI=1S/C14H15ClFNO3/c15-10-5-2-6-11(16)12(10)13(18)17-9-4-1-3-8(7-9)14(19)20/h2,5-6,8-9H,1,3-4,7H2,(H,17,18)(H,19,20). The average molecular weight is 300 g/mol. The van der Waals surface area contributed by atoms with Gasteiger partial charge in [-0.3, -0.25) is 9.59 Å². The van der Waals surface area contributed by atoms with Crippen LogP contribution in [0.2, 0.25) is 5.02 Å². The number of carboxylic acids is 1. The average Bonchev–Trinajstić information content (AvgIpc) is 2.38. The second kappa shape index (κ2) is 6.22. The van der Waals surface area contributed by atoms with Gasteiger partial charge in [-0.15, -0.1) is 0 Å². The number of aliphatic carboxylic acids is 1. The van der Waals surface area contributed by atoms with Crippen molar-refractivity contribution in [2.75, 3.05) is 0 Å². The number of rotatable bonds is 3. The predicted molar refractivity (Wildman–Crippen MR) is 72.3 cm³/mol. The van der Waals surface area contributed by atoms with E-state index in [4.69, 9.17) is 16.7 Å². The number of halogens is 2. The molecule has 0 bridgehead atoms. The molecule has 6 heteroatoms. The minimum Gasteiger partial charge on any atom is -0.481 e. The summed E-state index contributed by atoms with van der Waals surface area (Å²) in [6, 6.07) is 3.78.